The maximum atomic E-state index is 12.5. The monoisotopic (exact) mass is 235 g/mol. The summed E-state index contributed by atoms with van der Waals surface area (Å²) in [5, 5.41) is 0. The zero-order chi connectivity index (χ0) is 12.1. The number of rotatable bonds is 5. The highest BCUT2D eigenvalue weighted by atomic mass is 19.3. The number of esters is 1. The Morgan fingerprint density at radius 1 is 1.56 bits per heavy atom. The predicted molar refractivity (Wildman–Crippen MR) is 48.1 cm³/mol. The molecule has 1 aromatic heterocycles. The van der Waals surface area contributed by atoms with Gasteiger partial charge in [-0.1, -0.05) is 0 Å². The highest BCUT2D eigenvalue weighted by Gasteiger charge is 2.27. The van der Waals surface area contributed by atoms with Crippen molar-refractivity contribution in [2.24, 2.45) is 0 Å². The molecule has 0 aliphatic rings. The summed E-state index contributed by atoms with van der Waals surface area (Å²) < 4.78 is 39.1. The average molecular weight is 235 g/mol. The molecule has 0 fully saturated rings. The van der Waals surface area contributed by atoms with Crippen LogP contribution in [0.5, 0.6) is 0 Å². The van der Waals surface area contributed by atoms with Gasteiger partial charge in [0.05, 0.1) is 6.61 Å². The van der Waals surface area contributed by atoms with Crippen LogP contribution in [0.25, 0.3) is 0 Å². The Labute approximate surface area is 90.4 Å². The molecule has 5 nitrogen and oxygen atoms in total. The molecule has 90 valence electrons. The van der Waals surface area contributed by atoms with E-state index in [0.717, 1.165) is 0 Å². The van der Waals surface area contributed by atoms with Crippen molar-refractivity contribution in [2.75, 3.05) is 13.7 Å². The molecule has 0 N–H and O–H groups in total. The number of hydrogen-bond donors (Lipinski definition) is 0. The van der Waals surface area contributed by atoms with Gasteiger partial charge in [0.1, 0.15) is 6.61 Å². The number of carbonyl (C=O) groups excluding carboxylic acids is 1. The van der Waals surface area contributed by atoms with Gasteiger partial charge in [-0.25, -0.2) is 18.6 Å². The number of nitrogens with zero attached hydrogens (tertiary/aromatic N) is 1. The van der Waals surface area contributed by atoms with Crippen LogP contribution in [-0.2, 0) is 16.1 Å². The first-order valence-electron chi connectivity index (χ1n) is 4.54. The van der Waals surface area contributed by atoms with Crippen LogP contribution >= 0.6 is 0 Å². The number of carbonyl (C=O) groups is 1. The molecule has 0 atom stereocenters. The van der Waals surface area contributed by atoms with Gasteiger partial charge in [0.15, 0.2) is 5.69 Å². The second-order valence-electron chi connectivity index (χ2n) is 2.78. The molecule has 0 saturated carbocycles. The molecule has 0 saturated heterocycles. The lowest BCUT2D eigenvalue weighted by molar-refractivity contribution is 0.0469. The smallest absolute Gasteiger partial charge is 0.376 e. The Kier molecular flexibility index (Phi) is 4.36. The molecule has 0 amide bonds. The normalized spacial score (nSPS) is 10.8. The number of ether oxygens (including phenoxy) is 2. The van der Waals surface area contributed by atoms with Gasteiger partial charge < -0.3 is 13.9 Å². The number of oxazole rings is 1. The van der Waals surface area contributed by atoms with Crippen LogP contribution in [0.3, 0.4) is 0 Å². The molecule has 0 radical (unpaired) electrons. The number of aromatic nitrogens is 1. The number of hydrogen-bond acceptors (Lipinski definition) is 5. The summed E-state index contributed by atoms with van der Waals surface area (Å²) in [6, 6.07) is 0. The van der Waals surface area contributed by atoms with Gasteiger partial charge in [-0.15, -0.1) is 0 Å². The van der Waals surface area contributed by atoms with Crippen LogP contribution in [0.2, 0.25) is 0 Å². The van der Waals surface area contributed by atoms with E-state index >= 15 is 0 Å². The standard InChI is InChI=1S/C9H11F2NO4/c1-3-15-9(13)7-6(8(10)11)12-5(16-7)4-14-2/h8H,3-4H2,1-2H3. The quantitative estimate of drug-likeness (QED) is 0.730. The number of alkyl halides is 2. The van der Waals surface area contributed by atoms with E-state index in [2.05, 4.69) is 14.5 Å². The summed E-state index contributed by atoms with van der Waals surface area (Å²) in [5.74, 6) is -1.60. The topological polar surface area (TPSA) is 61.6 Å². The Hall–Kier alpha value is -1.50. The molecule has 1 heterocycles. The van der Waals surface area contributed by atoms with Crippen LogP contribution in [0.1, 0.15) is 35.5 Å². The Balaban J connectivity index is 2.99. The van der Waals surface area contributed by atoms with E-state index in [-0.39, 0.29) is 19.1 Å². The summed E-state index contributed by atoms with van der Waals surface area (Å²) in [6.45, 7) is 1.55. The second-order valence-corrected chi connectivity index (χ2v) is 2.78. The molecule has 1 rings (SSSR count). The highest BCUT2D eigenvalue weighted by Crippen LogP contribution is 2.24. The summed E-state index contributed by atoms with van der Waals surface area (Å²) in [4.78, 5) is 14.7. The first-order chi connectivity index (χ1) is 7.60. The Bertz CT molecular complexity index is 364. The fourth-order valence-corrected chi connectivity index (χ4v) is 1.05. The first kappa shape index (κ1) is 12.6. The summed E-state index contributed by atoms with van der Waals surface area (Å²) in [5.41, 5.74) is -0.717. The lowest BCUT2D eigenvalue weighted by Crippen LogP contribution is -2.06. The van der Waals surface area contributed by atoms with Gasteiger partial charge in [0.2, 0.25) is 11.7 Å². The molecular formula is C9H11F2NO4. The fourth-order valence-electron chi connectivity index (χ4n) is 1.05. The van der Waals surface area contributed by atoms with Crippen molar-refractivity contribution >= 4 is 5.97 Å². The van der Waals surface area contributed by atoms with Crippen LogP contribution in [-0.4, -0.2) is 24.7 Å². The lowest BCUT2D eigenvalue weighted by Gasteiger charge is -1.99. The molecule has 7 heteroatoms. The van der Waals surface area contributed by atoms with Crippen molar-refractivity contribution in [1.82, 2.24) is 4.98 Å². The largest absolute Gasteiger partial charge is 0.460 e. The van der Waals surface area contributed by atoms with E-state index in [4.69, 9.17) is 4.42 Å². The maximum absolute atomic E-state index is 12.5. The zero-order valence-electron chi connectivity index (χ0n) is 8.83. The minimum Gasteiger partial charge on any atom is -0.460 e. The van der Waals surface area contributed by atoms with Gasteiger partial charge in [0, 0.05) is 7.11 Å². The van der Waals surface area contributed by atoms with Crippen LogP contribution in [0.15, 0.2) is 4.42 Å². The van der Waals surface area contributed by atoms with E-state index in [1.54, 1.807) is 6.92 Å². The van der Waals surface area contributed by atoms with Crippen molar-refractivity contribution in [1.29, 1.82) is 0 Å². The van der Waals surface area contributed by atoms with Crippen molar-refractivity contribution in [2.45, 2.75) is 20.0 Å². The molecule has 0 aliphatic heterocycles. The minimum atomic E-state index is -2.89. The van der Waals surface area contributed by atoms with Gasteiger partial charge in [-0.2, -0.15) is 0 Å². The van der Waals surface area contributed by atoms with Crippen molar-refractivity contribution in [3.8, 4) is 0 Å². The molecule has 0 aromatic carbocycles. The van der Waals surface area contributed by atoms with E-state index in [1.165, 1.54) is 7.11 Å². The third kappa shape index (κ3) is 2.75. The van der Waals surface area contributed by atoms with Gasteiger partial charge >= 0.3 is 5.97 Å². The minimum absolute atomic E-state index is 0.0713. The molecular weight excluding hydrogens is 224 g/mol. The summed E-state index contributed by atoms with van der Waals surface area (Å²) in [6.07, 6.45) is -2.89. The predicted octanol–water partition coefficient (Wildman–Crippen LogP) is 1.94. The van der Waals surface area contributed by atoms with Gasteiger partial charge in [0.25, 0.3) is 6.43 Å². The summed E-state index contributed by atoms with van der Waals surface area (Å²) in [7, 11) is 1.36. The van der Waals surface area contributed by atoms with Crippen molar-refractivity contribution in [3.05, 3.63) is 17.3 Å². The molecule has 16 heavy (non-hydrogen) atoms. The van der Waals surface area contributed by atoms with Gasteiger partial charge in [-0.3, -0.25) is 0 Å². The third-order valence-electron chi connectivity index (χ3n) is 1.63. The maximum Gasteiger partial charge on any atom is 0.376 e. The van der Waals surface area contributed by atoms with Crippen LogP contribution in [0, 0.1) is 0 Å². The SMILES string of the molecule is CCOC(=O)c1oc(COC)nc1C(F)F. The van der Waals surface area contributed by atoms with Crippen molar-refractivity contribution in [3.63, 3.8) is 0 Å². The highest BCUT2D eigenvalue weighted by molar-refractivity contribution is 5.87. The third-order valence-corrected chi connectivity index (χ3v) is 1.63. The van der Waals surface area contributed by atoms with Gasteiger partial charge in [-0.05, 0) is 6.92 Å². The van der Waals surface area contributed by atoms with E-state index < -0.39 is 23.8 Å². The molecule has 0 spiro atoms. The molecule has 1 aromatic rings. The number of methoxy groups -OCH3 is 1. The summed E-state index contributed by atoms with van der Waals surface area (Å²) >= 11 is 0. The van der Waals surface area contributed by atoms with Crippen molar-refractivity contribution < 1.29 is 27.5 Å². The Morgan fingerprint density at radius 2 is 2.25 bits per heavy atom. The molecule has 0 aliphatic carbocycles. The van der Waals surface area contributed by atoms with E-state index in [0.29, 0.717) is 0 Å². The van der Waals surface area contributed by atoms with E-state index in [9.17, 15) is 13.6 Å². The van der Waals surface area contributed by atoms with Crippen LogP contribution < -0.4 is 0 Å². The second kappa shape index (κ2) is 5.55. The van der Waals surface area contributed by atoms with E-state index in [1.807, 2.05) is 0 Å². The van der Waals surface area contributed by atoms with Crippen LogP contribution in [0.4, 0.5) is 8.78 Å². The first-order valence-corrected chi connectivity index (χ1v) is 4.54. The fraction of sp³-hybridized carbons (Fsp3) is 0.556. The lowest BCUT2D eigenvalue weighted by atomic mass is 10.3. The average Bonchev–Trinajstić information content (AvgIpc) is 2.63. The number of halogens is 2. The molecule has 0 bridgehead atoms. The molecule has 0 unspecified atom stereocenters. The zero-order valence-corrected chi connectivity index (χ0v) is 8.83. The Morgan fingerprint density at radius 3 is 2.75 bits per heavy atom.